The van der Waals surface area contributed by atoms with Gasteiger partial charge in [0.05, 0.1) is 12.8 Å². The fourth-order valence-electron chi connectivity index (χ4n) is 3.44. The first-order valence-corrected chi connectivity index (χ1v) is 9.76. The lowest BCUT2D eigenvalue weighted by Crippen LogP contribution is -2.33. The number of hydrogen-bond acceptors (Lipinski definition) is 11. The summed E-state index contributed by atoms with van der Waals surface area (Å²) in [4.78, 5) is 24.9. The topological polar surface area (TPSA) is 187 Å². The number of nitrogens with zero attached hydrogens (tertiary/aromatic N) is 5. The van der Waals surface area contributed by atoms with Gasteiger partial charge in [0, 0.05) is 19.8 Å². The molecule has 3 aromatic rings. The molecule has 13 heteroatoms. The molecule has 4 atom stereocenters. The average Bonchev–Trinajstić information content (AvgIpc) is 3.25. The van der Waals surface area contributed by atoms with Crippen LogP contribution in [0.25, 0.3) is 11.2 Å². The quantitative estimate of drug-likeness (QED) is 0.200. The lowest BCUT2D eigenvalue weighted by Gasteiger charge is -2.18. The molecule has 13 nitrogen and oxygen atoms in total. The third-order valence-electron chi connectivity index (χ3n) is 5.13. The number of H-pyrrole nitrogens is 1. The summed E-state index contributed by atoms with van der Waals surface area (Å²) < 4.78 is 6.87. The Morgan fingerprint density at radius 1 is 1.28 bits per heavy atom. The first kappa shape index (κ1) is 21.7. The summed E-state index contributed by atoms with van der Waals surface area (Å²) in [6.07, 6.45) is -3.45. The normalized spacial score (nSPS) is 23.3. The van der Waals surface area contributed by atoms with Crippen LogP contribution >= 0.6 is 0 Å². The lowest BCUT2D eigenvalue weighted by atomic mass is 10.1. The molecular weight excluding hydrogens is 420 g/mol. The molecule has 170 valence electrons. The first-order valence-electron chi connectivity index (χ1n) is 9.76. The van der Waals surface area contributed by atoms with E-state index in [0.717, 1.165) is 11.3 Å². The number of nitrogen functional groups attached to an aromatic ring is 1. The molecule has 1 saturated heterocycles. The Labute approximate surface area is 181 Å². The maximum absolute atomic E-state index is 12.3. The van der Waals surface area contributed by atoms with Gasteiger partial charge in [-0.15, -0.1) is 0 Å². The molecule has 7 N–H and O–H groups in total. The molecule has 0 amide bonds. The molecule has 0 radical (unpaired) electrons. The zero-order valence-corrected chi connectivity index (χ0v) is 17.4. The predicted molar refractivity (Wildman–Crippen MR) is 118 cm³/mol. The van der Waals surface area contributed by atoms with E-state index in [2.05, 4.69) is 25.5 Å². The molecule has 2 aromatic heterocycles. The van der Waals surface area contributed by atoms with Gasteiger partial charge in [-0.25, -0.2) is 10.4 Å². The van der Waals surface area contributed by atoms with E-state index in [9.17, 15) is 20.1 Å². The van der Waals surface area contributed by atoms with Gasteiger partial charge in [0.2, 0.25) is 11.9 Å². The van der Waals surface area contributed by atoms with Gasteiger partial charge < -0.3 is 30.7 Å². The van der Waals surface area contributed by atoms with Crippen molar-refractivity contribution in [2.24, 2.45) is 5.10 Å². The van der Waals surface area contributed by atoms with Crippen molar-refractivity contribution in [3.63, 3.8) is 0 Å². The molecule has 1 aromatic carbocycles. The van der Waals surface area contributed by atoms with Gasteiger partial charge in [0.15, 0.2) is 17.4 Å². The largest absolute Gasteiger partial charge is 0.394 e. The Balaban J connectivity index is 1.70. The smallest absolute Gasteiger partial charge is 0.280 e. The van der Waals surface area contributed by atoms with Crippen LogP contribution in [0.4, 0.5) is 17.6 Å². The zero-order chi connectivity index (χ0) is 23.0. The van der Waals surface area contributed by atoms with Crippen LogP contribution in [0, 0.1) is 0 Å². The van der Waals surface area contributed by atoms with Gasteiger partial charge in [0.25, 0.3) is 5.56 Å². The second-order valence-corrected chi connectivity index (χ2v) is 7.51. The number of anilines is 3. The van der Waals surface area contributed by atoms with Gasteiger partial charge in [-0.05, 0) is 17.7 Å². The molecule has 0 saturated carbocycles. The molecule has 4 rings (SSSR count). The Morgan fingerprint density at radius 3 is 2.62 bits per heavy atom. The van der Waals surface area contributed by atoms with E-state index in [1.54, 1.807) is 6.21 Å². The Hall–Kier alpha value is -3.52. The van der Waals surface area contributed by atoms with Crippen molar-refractivity contribution in [3.05, 3.63) is 40.2 Å². The molecule has 1 aliphatic rings. The maximum atomic E-state index is 12.3. The number of hydrazone groups is 1. The van der Waals surface area contributed by atoms with Gasteiger partial charge >= 0.3 is 0 Å². The first-order chi connectivity index (χ1) is 15.3. The number of fused-ring (bicyclic) bond motifs is 1. The number of benzene rings is 1. The van der Waals surface area contributed by atoms with E-state index in [1.165, 1.54) is 4.57 Å². The minimum absolute atomic E-state index is 0.0223. The SMILES string of the molecule is CN(C)c1ccc(/C=N\Nc2nc3c(=O)[nH]c(N)nc3n2[C@@H]2O[C@@H](CO)[C@@H](O)[C@H]2O)cc1. The zero-order valence-electron chi connectivity index (χ0n) is 17.4. The number of aliphatic hydroxyl groups is 3. The molecule has 32 heavy (non-hydrogen) atoms. The molecular formula is C19H24N8O5. The van der Waals surface area contributed by atoms with Crippen LogP contribution in [0.3, 0.4) is 0 Å². The number of aromatic amines is 1. The summed E-state index contributed by atoms with van der Waals surface area (Å²) in [6.45, 7) is -0.513. The maximum Gasteiger partial charge on any atom is 0.280 e. The molecule has 1 fully saturated rings. The highest BCUT2D eigenvalue weighted by atomic mass is 16.6. The Bertz CT molecular complexity index is 1190. The average molecular weight is 444 g/mol. The number of rotatable bonds is 6. The number of aliphatic hydroxyl groups excluding tert-OH is 3. The van der Waals surface area contributed by atoms with Crippen molar-refractivity contribution in [1.82, 2.24) is 19.5 Å². The van der Waals surface area contributed by atoms with Crippen molar-refractivity contribution >= 4 is 35.0 Å². The van der Waals surface area contributed by atoms with Crippen LogP contribution in [0.15, 0.2) is 34.2 Å². The van der Waals surface area contributed by atoms with Crippen LogP contribution in [-0.4, -0.2) is 80.1 Å². The van der Waals surface area contributed by atoms with Crippen molar-refractivity contribution in [3.8, 4) is 0 Å². The minimum atomic E-state index is -1.42. The van der Waals surface area contributed by atoms with E-state index in [4.69, 9.17) is 10.5 Å². The summed E-state index contributed by atoms with van der Waals surface area (Å²) in [5, 5.41) is 34.2. The number of hydrogen-bond donors (Lipinski definition) is 6. The van der Waals surface area contributed by atoms with Gasteiger partial charge in [-0.2, -0.15) is 10.1 Å². The predicted octanol–water partition coefficient (Wildman–Crippen LogP) is -1.17. The van der Waals surface area contributed by atoms with Crippen molar-refractivity contribution in [2.45, 2.75) is 24.5 Å². The van der Waals surface area contributed by atoms with Crippen LogP contribution in [0.2, 0.25) is 0 Å². The second kappa shape index (κ2) is 8.55. The highest BCUT2D eigenvalue weighted by Crippen LogP contribution is 2.33. The Morgan fingerprint density at radius 2 is 2.00 bits per heavy atom. The van der Waals surface area contributed by atoms with Crippen molar-refractivity contribution < 1.29 is 20.1 Å². The third-order valence-corrected chi connectivity index (χ3v) is 5.13. The van der Waals surface area contributed by atoms with E-state index >= 15 is 0 Å². The number of nitrogens with one attached hydrogen (secondary N) is 2. The molecule has 0 aliphatic carbocycles. The molecule has 1 aliphatic heterocycles. The number of nitrogens with two attached hydrogens (primary N) is 1. The van der Waals surface area contributed by atoms with E-state index in [-0.39, 0.29) is 23.1 Å². The van der Waals surface area contributed by atoms with Crippen LogP contribution in [0.1, 0.15) is 11.8 Å². The van der Waals surface area contributed by atoms with Gasteiger partial charge in [-0.3, -0.25) is 14.3 Å². The monoisotopic (exact) mass is 444 g/mol. The third kappa shape index (κ3) is 3.89. The summed E-state index contributed by atoms with van der Waals surface area (Å²) in [5.74, 6) is -0.133. The summed E-state index contributed by atoms with van der Waals surface area (Å²) in [5.41, 5.74) is 9.60. The number of imidazole rings is 1. The van der Waals surface area contributed by atoms with Gasteiger partial charge in [0.1, 0.15) is 18.3 Å². The van der Waals surface area contributed by atoms with Gasteiger partial charge in [-0.1, -0.05) is 12.1 Å². The fourth-order valence-corrected chi connectivity index (χ4v) is 3.44. The Kier molecular flexibility index (Phi) is 5.80. The second-order valence-electron chi connectivity index (χ2n) is 7.51. The van der Waals surface area contributed by atoms with Crippen molar-refractivity contribution in [1.29, 1.82) is 0 Å². The summed E-state index contributed by atoms with van der Waals surface area (Å²) in [6, 6.07) is 7.62. The van der Waals surface area contributed by atoms with E-state index in [1.807, 2.05) is 43.3 Å². The van der Waals surface area contributed by atoms with Crippen LogP contribution < -0.4 is 21.6 Å². The minimum Gasteiger partial charge on any atom is -0.394 e. The molecule has 0 spiro atoms. The number of ether oxygens (including phenoxy) is 1. The summed E-state index contributed by atoms with van der Waals surface area (Å²) >= 11 is 0. The molecule has 0 bridgehead atoms. The highest BCUT2D eigenvalue weighted by Gasteiger charge is 2.45. The van der Waals surface area contributed by atoms with Crippen LogP contribution in [-0.2, 0) is 4.74 Å². The van der Waals surface area contributed by atoms with Crippen LogP contribution in [0.5, 0.6) is 0 Å². The fraction of sp³-hybridized carbons (Fsp3) is 0.368. The highest BCUT2D eigenvalue weighted by molar-refractivity contribution is 5.81. The lowest BCUT2D eigenvalue weighted by molar-refractivity contribution is -0.0501. The molecule has 0 unspecified atom stereocenters. The van der Waals surface area contributed by atoms with E-state index in [0.29, 0.717) is 0 Å². The molecule has 3 heterocycles. The standard InChI is InChI=1S/C19H24N8O5/c1-26(2)10-5-3-9(4-6-10)7-21-25-19-22-12-15(23-18(20)24-16(12)31)27(19)17-14(30)13(29)11(8-28)32-17/h3-7,11,13-14,17,28-30H,8H2,1-2H3,(H,22,25)(H3,20,23,24,31)/b21-7-/t11-,13+,14+,17+/m0/s1. The number of aromatic nitrogens is 4. The summed E-state index contributed by atoms with van der Waals surface area (Å²) in [7, 11) is 3.88. The van der Waals surface area contributed by atoms with Crippen molar-refractivity contribution in [2.75, 3.05) is 36.8 Å². The van der Waals surface area contributed by atoms with E-state index < -0.39 is 36.7 Å².